The van der Waals surface area contributed by atoms with Gasteiger partial charge < -0.3 is 0 Å². The molecule has 0 bridgehead atoms. The summed E-state index contributed by atoms with van der Waals surface area (Å²) in [6, 6.07) is 30.4. The molecular weight excluding hydrogens is 432 g/mol. The average molecular weight is 461 g/mol. The molecule has 0 unspecified atom stereocenters. The van der Waals surface area contributed by atoms with E-state index in [0.29, 0.717) is 11.8 Å². The fourth-order valence-electron chi connectivity index (χ4n) is 5.10. The second-order valence-corrected chi connectivity index (χ2v) is 10.7. The van der Waals surface area contributed by atoms with E-state index in [-0.39, 0.29) is 0 Å². The van der Waals surface area contributed by atoms with Gasteiger partial charge in [0.25, 0.3) is 0 Å². The number of thiophene rings is 1. The Morgan fingerprint density at radius 1 is 0.735 bits per heavy atom. The van der Waals surface area contributed by atoms with Crippen LogP contribution in [0.5, 0.6) is 0 Å². The van der Waals surface area contributed by atoms with Crippen LogP contribution >= 0.6 is 11.3 Å². The van der Waals surface area contributed by atoms with Crippen LogP contribution in [0.2, 0.25) is 0 Å². The van der Waals surface area contributed by atoms with Crippen molar-refractivity contribution in [3.8, 4) is 17.1 Å². The summed E-state index contributed by atoms with van der Waals surface area (Å²) in [5, 5.41) is 2.75. The zero-order chi connectivity index (χ0) is 23.4. The molecule has 0 fully saturated rings. The molecule has 2 aromatic heterocycles. The van der Waals surface area contributed by atoms with E-state index in [1.54, 1.807) is 0 Å². The lowest BCUT2D eigenvalue weighted by molar-refractivity contribution is 0.833. The number of hydrogen-bond donors (Lipinski definition) is 0. The van der Waals surface area contributed by atoms with Crippen LogP contribution in [0.25, 0.3) is 48.3 Å². The summed E-state index contributed by atoms with van der Waals surface area (Å²) in [4.78, 5) is 5.15. The maximum absolute atomic E-state index is 5.15. The molecule has 0 aliphatic heterocycles. The minimum Gasteiger partial charge on any atom is -0.291 e. The van der Waals surface area contributed by atoms with Crippen LogP contribution in [0.1, 0.15) is 50.7 Å². The molecule has 0 atom stereocenters. The minimum absolute atomic E-state index is 0.381. The number of para-hydroxylation sites is 2. The molecule has 0 radical (unpaired) electrons. The third-order valence-corrected chi connectivity index (χ3v) is 7.92. The van der Waals surface area contributed by atoms with E-state index in [2.05, 4.69) is 117 Å². The lowest BCUT2D eigenvalue weighted by Gasteiger charge is -2.21. The van der Waals surface area contributed by atoms with Crippen molar-refractivity contribution in [3.63, 3.8) is 0 Å². The first-order valence-electron chi connectivity index (χ1n) is 12.1. The Kier molecular flexibility index (Phi) is 5.04. The molecule has 0 N–H and O–H groups in total. The van der Waals surface area contributed by atoms with E-state index in [1.807, 2.05) is 11.3 Å². The van der Waals surface area contributed by atoms with Crippen molar-refractivity contribution in [3.05, 3.63) is 96.1 Å². The highest BCUT2D eigenvalue weighted by Crippen LogP contribution is 2.46. The van der Waals surface area contributed by atoms with Gasteiger partial charge >= 0.3 is 0 Å². The monoisotopic (exact) mass is 460 g/mol. The molecule has 2 heterocycles. The highest BCUT2D eigenvalue weighted by molar-refractivity contribution is 7.26. The topological polar surface area (TPSA) is 17.8 Å². The largest absolute Gasteiger partial charge is 0.291 e. The first-order valence-corrected chi connectivity index (χ1v) is 12.9. The summed E-state index contributed by atoms with van der Waals surface area (Å²) >= 11 is 1.91. The fourth-order valence-corrected chi connectivity index (χ4v) is 6.38. The molecule has 4 aromatic carbocycles. The normalized spacial score (nSPS) is 12.1. The highest BCUT2D eigenvalue weighted by Gasteiger charge is 2.24. The summed E-state index contributed by atoms with van der Waals surface area (Å²) in [5.41, 5.74) is 7.41. The molecule has 0 saturated carbocycles. The van der Waals surface area contributed by atoms with E-state index < -0.39 is 0 Å². The van der Waals surface area contributed by atoms with Gasteiger partial charge in [-0.15, -0.1) is 11.3 Å². The van der Waals surface area contributed by atoms with Crippen LogP contribution in [0.15, 0.2) is 84.9 Å². The second kappa shape index (κ2) is 8.11. The molecule has 168 valence electrons. The van der Waals surface area contributed by atoms with Gasteiger partial charge in [0, 0.05) is 21.0 Å². The summed E-state index contributed by atoms with van der Waals surface area (Å²) in [5.74, 6) is 1.83. The Morgan fingerprint density at radius 3 is 2.18 bits per heavy atom. The van der Waals surface area contributed by atoms with Gasteiger partial charge in [0.15, 0.2) is 0 Å². The van der Waals surface area contributed by atoms with Crippen molar-refractivity contribution in [1.82, 2.24) is 9.55 Å². The zero-order valence-corrected chi connectivity index (χ0v) is 20.9. The maximum Gasteiger partial charge on any atom is 0.145 e. The van der Waals surface area contributed by atoms with E-state index in [4.69, 9.17) is 4.98 Å². The highest BCUT2D eigenvalue weighted by atomic mass is 32.1. The van der Waals surface area contributed by atoms with Gasteiger partial charge in [-0.3, -0.25) is 4.57 Å². The van der Waals surface area contributed by atoms with Crippen LogP contribution in [0.3, 0.4) is 0 Å². The average Bonchev–Trinajstić information content (AvgIpc) is 3.42. The van der Waals surface area contributed by atoms with Crippen molar-refractivity contribution in [2.24, 2.45) is 0 Å². The first-order chi connectivity index (χ1) is 16.5. The smallest absolute Gasteiger partial charge is 0.145 e. The number of rotatable bonds is 4. The number of imidazole rings is 1. The molecule has 3 heteroatoms. The van der Waals surface area contributed by atoms with Crippen molar-refractivity contribution in [2.75, 3.05) is 0 Å². The summed E-state index contributed by atoms with van der Waals surface area (Å²) in [6.07, 6.45) is 0. The number of nitrogens with zero attached hydrogens (tertiary/aromatic N) is 2. The number of hydrogen-bond acceptors (Lipinski definition) is 2. The van der Waals surface area contributed by atoms with Crippen LogP contribution in [-0.2, 0) is 0 Å². The van der Waals surface area contributed by atoms with Crippen LogP contribution in [-0.4, -0.2) is 9.55 Å². The number of benzene rings is 4. The van der Waals surface area contributed by atoms with Crippen molar-refractivity contribution in [1.29, 1.82) is 0 Å². The predicted molar refractivity (Wildman–Crippen MR) is 148 cm³/mol. The van der Waals surface area contributed by atoms with Crippen molar-refractivity contribution < 1.29 is 0 Å². The standard InChI is InChI=1S/C31H28N2S/c1-19(2)23-18-24(20(3)4)29(30-28(23)22-14-8-11-17-27(22)34-30)33-26-16-10-9-15-25(26)32-31(33)21-12-6-5-7-13-21/h5-20H,1-4H3. The summed E-state index contributed by atoms with van der Waals surface area (Å²) in [7, 11) is 0. The van der Waals surface area contributed by atoms with E-state index in [1.165, 1.54) is 37.0 Å². The molecule has 34 heavy (non-hydrogen) atoms. The Labute approximate surface area is 204 Å². The van der Waals surface area contributed by atoms with Crippen LogP contribution in [0, 0.1) is 0 Å². The van der Waals surface area contributed by atoms with Crippen LogP contribution < -0.4 is 0 Å². The molecule has 2 nitrogen and oxygen atoms in total. The lowest BCUT2D eigenvalue weighted by Crippen LogP contribution is -2.06. The van der Waals surface area contributed by atoms with Gasteiger partial charge in [0.1, 0.15) is 5.82 Å². The Morgan fingerprint density at radius 2 is 1.41 bits per heavy atom. The zero-order valence-electron chi connectivity index (χ0n) is 20.0. The molecule has 0 aliphatic rings. The SMILES string of the molecule is CC(C)c1cc(C(C)C)c2c(sc3ccccc32)c1-n1c(-c2ccccc2)nc2ccccc21. The molecule has 0 amide bonds. The van der Waals surface area contributed by atoms with Gasteiger partial charge in [-0.2, -0.15) is 0 Å². The van der Waals surface area contributed by atoms with Gasteiger partial charge in [0.2, 0.25) is 0 Å². The lowest BCUT2D eigenvalue weighted by atomic mass is 9.90. The molecule has 6 aromatic rings. The van der Waals surface area contributed by atoms with Gasteiger partial charge in [-0.1, -0.05) is 94.4 Å². The van der Waals surface area contributed by atoms with Crippen molar-refractivity contribution in [2.45, 2.75) is 39.5 Å². The summed E-state index contributed by atoms with van der Waals surface area (Å²) in [6.45, 7) is 9.24. The van der Waals surface area contributed by atoms with Crippen LogP contribution in [0.4, 0.5) is 0 Å². The van der Waals surface area contributed by atoms with E-state index in [0.717, 1.165) is 22.4 Å². The third-order valence-electron chi connectivity index (χ3n) is 6.74. The number of aromatic nitrogens is 2. The first kappa shape index (κ1) is 21.1. The van der Waals surface area contributed by atoms with E-state index >= 15 is 0 Å². The quantitative estimate of drug-likeness (QED) is 0.256. The fraction of sp³-hybridized carbons (Fsp3) is 0.194. The van der Waals surface area contributed by atoms with Gasteiger partial charge in [-0.25, -0.2) is 4.98 Å². The Bertz CT molecular complexity index is 1650. The minimum atomic E-state index is 0.381. The maximum atomic E-state index is 5.15. The van der Waals surface area contributed by atoms with E-state index in [9.17, 15) is 0 Å². The second-order valence-electron chi connectivity index (χ2n) is 9.64. The third kappa shape index (κ3) is 3.19. The van der Waals surface area contributed by atoms with Gasteiger partial charge in [0.05, 0.1) is 21.4 Å². The number of fused-ring (bicyclic) bond motifs is 4. The Hall–Kier alpha value is -3.43. The molecule has 0 spiro atoms. The van der Waals surface area contributed by atoms with Gasteiger partial charge in [-0.05, 0) is 41.2 Å². The summed E-state index contributed by atoms with van der Waals surface area (Å²) < 4.78 is 5.12. The molecular formula is C31H28N2S. The molecule has 0 saturated heterocycles. The Balaban J connectivity index is 1.85. The predicted octanol–water partition coefficient (Wildman–Crippen LogP) is 9.31. The molecule has 6 rings (SSSR count). The molecule has 0 aliphatic carbocycles. The van der Waals surface area contributed by atoms with Crippen molar-refractivity contribution >= 4 is 42.5 Å².